The molecular weight excluding hydrogens is 582 g/mol. The van der Waals surface area contributed by atoms with E-state index in [4.69, 9.17) is 30.8 Å². The molecule has 1 aliphatic rings. The highest BCUT2D eigenvalue weighted by Gasteiger charge is 2.39. The zero-order valence-electron chi connectivity index (χ0n) is 24.9. The number of amides is 1. The zero-order valence-corrected chi connectivity index (χ0v) is 26.5. The van der Waals surface area contributed by atoms with Crippen molar-refractivity contribution in [3.05, 3.63) is 41.0 Å². The molecule has 0 bridgehead atoms. The van der Waals surface area contributed by atoms with E-state index in [2.05, 4.69) is 10.3 Å². The Bertz CT molecular complexity index is 1460. The number of aromatic nitrogens is 2. The predicted octanol–water partition coefficient (Wildman–Crippen LogP) is 5.52. The Morgan fingerprint density at radius 2 is 1.98 bits per heavy atom. The normalized spacial score (nSPS) is 17.9. The lowest BCUT2D eigenvalue weighted by Crippen LogP contribution is -2.45. The van der Waals surface area contributed by atoms with Gasteiger partial charge in [0.25, 0.3) is 0 Å². The van der Waals surface area contributed by atoms with Crippen LogP contribution in [-0.4, -0.2) is 86.1 Å². The fourth-order valence-electron chi connectivity index (χ4n) is 4.99. The summed E-state index contributed by atoms with van der Waals surface area (Å²) in [6.45, 7) is 8.15. The van der Waals surface area contributed by atoms with E-state index in [0.29, 0.717) is 41.9 Å². The molecule has 1 fully saturated rings. The Balaban J connectivity index is 1.57. The van der Waals surface area contributed by atoms with E-state index in [9.17, 15) is 13.6 Å². The van der Waals surface area contributed by atoms with Crippen molar-refractivity contribution < 1.29 is 27.8 Å². The molecule has 0 aliphatic carbocycles. The van der Waals surface area contributed by atoms with Gasteiger partial charge in [-0.3, -0.25) is 4.55 Å². The first kappa shape index (κ1) is 31.7. The smallest absolute Gasteiger partial charge is 0.410 e. The highest BCUT2D eigenvalue weighted by Crippen LogP contribution is 2.43. The molecule has 1 aliphatic heterocycles. The molecule has 4 rings (SSSR count). The summed E-state index contributed by atoms with van der Waals surface area (Å²) in [5, 5.41) is 4.65. The fraction of sp³-hybridized carbons (Fsp3) is 0.483. The van der Waals surface area contributed by atoms with Crippen LogP contribution in [0.5, 0.6) is 11.5 Å². The Morgan fingerprint density at radius 3 is 2.62 bits per heavy atom. The summed E-state index contributed by atoms with van der Waals surface area (Å²) in [6.07, 6.45) is 2.46. The highest BCUT2D eigenvalue weighted by molar-refractivity contribution is 7.76. The summed E-state index contributed by atoms with van der Waals surface area (Å²) in [5.41, 5.74) is 2.67. The number of carbonyl (C=O) groups excluding carboxylic acids is 1. The van der Waals surface area contributed by atoms with Gasteiger partial charge in [0.2, 0.25) is 17.2 Å². The minimum atomic E-state index is -2.16. The molecule has 13 heteroatoms. The lowest BCUT2D eigenvalue weighted by Gasteiger charge is -2.31. The number of rotatable bonds is 10. The molecule has 2 N–H and O–H groups in total. The summed E-state index contributed by atoms with van der Waals surface area (Å²) >= 11 is 4.54. The summed E-state index contributed by atoms with van der Waals surface area (Å²) in [5.74, 6) is 1.61. The van der Waals surface area contributed by atoms with E-state index >= 15 is 0 Å². The van der Waals surface area contributed by atoms with Crippen LogP contribution in [0.15, 0.2) is 30.5 Å². The molecule has 1 amide bonds. The molecule has 0 spiro atoms. The molecule has 42 heavy (non-hydrogen) atoms. The van der Waals surface area contributed by atoms with Gasteiger partial charge in [-0.15, -0.1) is 0 Å². The topological polar surface area (TPSA) is 126 Å². The van der Waals surface area contributed by atoms with Crippen molar-refractivity contribution in [3.63, 3.8) is 0 Å². The molecule has 3 unspecified atom stereocenters. The number of fused-ring (bicyclic) bond motifs is 1. The zero-order chi connectivity index (χ0) is 30.8. The van der Waals surface area contributed by atoms with Crippen molar-refractivity contribution in [1.29, 1.82) is 0 Å². The summed E-state index contributed by atoms with van der Waals surface area (Å²) in [7, 11) is 4.71. The first-order valence-electron chi connectivity index (χ1n) is 13.6. The van der Waals surface area contributed by atoms with Gasteiger partial charge in [-0.25, -0.2) is 23.3 Å². The lowest BCUT2D eigenvalue weighted by atomic mass is 9.98. The first-order valence-corrected chi connectivity index (χ1v) is 15.1. The average molecular weight is 620 g/mol. The quantitative estimate of drug-likeness (QED) is 0.282. The van der Waals surface area contributed by atoms with Gasteiger partial charge in [-0.2, -0.15) is 0 Å². The molecule has 0 saturated carbocycles. The molecule has 1 saturated heterocycles. The number of benzene rings is 2. The van der Waals surface area contributed by atoms with Gasteiger partial charge in [0.15, 0.2) is 0 Å². The van der Waals surface area contributed by atoms with Crippen LogP contribution >= 0.6 is 11.6 Å². The third-order valence-electron chi connectivity index (χ3n) is 7.68. The van der Waals surface area contributed by atoms with Crippen molar-refractivity contribution in [3.8, 4) is 22.6 Å². The maximum Gasteiger partial charge on any atom is 0.410 e. The van der Waals surface area contributed by atoms with E-state index in [1.165, 1.54) is 11.4 Å². The number of nitrogens with zero attached hydrogens (tertiary/aromatic N) is 4. The molecular formula is C29H38ClN5O6S. The van der Waals surface area contributed by atoms with E-state index in [1.54, 1.807) is 31.4 Å². The largest absolute Gasteiger partial charge is 0.496 e. The van der Waals surface area contributed by atoms with E-state index in [1.807, 2.05) is 45.9 Å². The van der Waals surface area contributed by atoms with Gasteiger partial charge in [-0.05, 0) is 51.3 Å². The number of carbonyl (C=O) groups is 1. The van der Waals surface area contributed by atoms with Crippen LogP contribution in [0.4, 0.5) is 10.7 Å². The molecule has 2 aromatic carbocycles. The van der Waals surface area contributed by atoms with Crippen LogP contribution < -0.4 is 14.8 Å². The number of nitrogens with one attached hydrogen (secondary N) is 1. The van der Waals surface area contributed by atoms with Crippen molar-refractivity contribution in [2.75, 3.05) is 39.7 Å². The number of likely N-dealkylation sites (N-methyl/N-ethyl adjacent to an activating group) is 1. The van der Waals surface area contributed by atoms with E-state index in [-0.39, 0.29) is 18.6 Å². The van der Waals surface area contributed by atoms with Crippen LogP contribution in [0.3, 0.4) is 0 Å². The van der Waals surface area contributed by atoms with Crippen LogP contribution in [0.1, 0.15) is 39.2 Å². The number of hydrogen-bond donors (Lipinski definition) is 2. The second kappa shape index (κ2) is 13.0. The Labute approximate surface area is 253 Å². The second-order valence-electron chi connectivity index (χ2n) is 11.0. The second-order valence-corrected chi connectivity index (χ2v) is 12.4. The summed E-state index contributed by atoms with van der Waals surface area (Å²) in [4.78, 5) is 23.9. The molecule has 3 aromatic rings. The first-order chi connectivity index (χ1) is 19.9. The maximum atomic E-state index is 13.1. The summed E-state index contributed by atoms with van der Waals surface area (Å²) in [6, 6.07) is 7.06. The molecule has 1 aromatic heterocycles. The minimum absolute atomic E-state index is 0.185. The molecule has 2 heterocycles. The SMILES string of the molecule is CCC(C)(C)OC(=O)N1CC(Nc2ncc3cc(-c4c(C)c(OC)cc(OC)c4Cl)ccc3n2)CC1CN(C)S(=O)O. The number of halogens is 1. The van der Waals surface area contributed by atoms with Gasteiger partial charge in [0.1, 0.15) is 17.1 Å². The number of methoxy groups -OCH3 is 2. The van der Waals surface area contributed by atoms with Gasteiger partial charge in [0, 0.05) is 55.0 Å². The number of likely N-dealkylation sites (tertiary alicyclic amines) is 1. The predicted molar refractivity (Wildman–Crippen MR) is 165 cm³/mol. The standard InChI is InChI=1S/C29H38ClN5O6S/c1-8-29(3,4)41-28(36)35-15-20(12-21(35)16-34(5)42(37)38)32-27-31-14-19-11-18(9-10-22(19)33-27)25-17(2)23(39-6)13-24(40-7)26(25)30/h9-11,13-14,20-21H,8,12,15-16H2,1-7H3,(H,37,38)(H,31,32,33). The van der Waals surface area contributed by atoms with Crippen LogP contribution in [0.2, 0.25) is 5.02 Å². The van der Waals surface area contributed by atoms with Crippen molar-refractivity contribution in [2.45, 2.75) is 58.2 Å². The number of anilines is 1. The highest BCUT2D eigenvalue weighted by atomic mass is 35.5. The summed E-state index contributed by atoms with van der Waals surface area (Å²) < 4.78 is 39.1. The van der Waals surface area contributed by atoms with Crippen LogP contribution in [0, 0.1) is 6.92 Å². The minimum Gasteiger partial charge on any atom is -0.496 e. The van der Waals surface area contributed by atoms with Crippen LogP contribution in [-0.2, 0) is 16.0 Å². The van der Waals surface area contributed by atoms with Gasteiger partial charge < -0.3 is 24.4 Å². The average Bonchev–Trinajstić information content (AvgIpc) is 3.35. The number of ether oxygens (including phenoxy) is 3. The number of hydrogen-bond acceptors (Lipinski definition) is 8. The van der Waals surface area contributed by atoms with E-state index < -0.39 is 23.0 Å². The maximum absolute atomic E-state index is 13.1. The van der Waals surface area contributed by atoms with Gasteiger partial charge in [0.05, 0.1) is 30.8 Å². The van der Waals surface area contributed by atoms with Gasteiger partial charge >= 0.3 is 6.09 Å². The lowest BCUT2D eigenvalue weighted by molar-refractivity contribution is 0.00836. The monoisotopic (exact) mass is 619 g/mol. The Hall–Kier alpha value is -3.19. The fourth-order valence-corrected chi connectivity index (χ4v) is 5.67. The van der Waals surface area contributed by atoms with E-state index in [0.717, 1.165) is 27.6 Å². The van der Waals surface area contributed by atoms with Crippen molar-refractivity contribution in [2.24, 2.45) is 0 Å². The van der Waals surface area contributed by atoms with Crippen molar-refractivity contribution in [1.82, 2.24) is 19.2 Å². The molecule has 0 radical (unpaired) electrons. The molecule has 3 atom stereocenters. The third kappa shape index (κ3) is 6.88. The van der Waals surface area contributed by atoms with Crippen molar-refractivity contribution >= 4 is 45.8 Å². The molecule has 11 nitrogen and oxygen atoms in total. The Morgan fingerprint density at radius 1 is 1.26 bits per heavy atom. The van der Waals surface area contributed by atoms with Gasteiger partial charge in [-0.1, -0.05) is 24.6 Å². The van der Waals surface area contributed by atoms with Crippen LogP contribution in [0.25, 0.3) is 22.0 Å². The molecule has 228 valence electrons. The Kier molecular flexibility index (Phi) is 9.81. The third-order valence-corrected chi connectivity index (χ3v) is 8.74.